The van der Waals surface area contributed by atoms with Gasteiger partial charge in [0.05, 0.1) is 6.33 Å². The van der Waals surface area contributed by atoms with Crippen LogP contribution in [0.15, 0.2) is 12.7 Å². The molecule has 0 aromatic carbocycles. The minimum Gasteiger partial charge on any atom is -0.387 e. The molecule has 0 amide bonds. The third-order valence-electron chi connectivity index (χ3n) is 3.90. The molecule has 10 heteroatoms. The summed E-state index contributed by atoms with van der Waals surface area (Å²) in [5.41, 5.74) is 12.1. The summed E-state index contributed by atoms with van der Waals surface area (Å²) in [4.78, 5) is 12.1. The summed E-state index contributed by atoms with van der Waals surface area (Å²) in [7, 11) is 0. The molecule has 1 aliphatic heterocycles. The molecule has 7 N–H and O–H groups in total. The van der Waals surface area contributed by atoms with Gasteiger partial charge in [0, 0.05) is 6.54 Å². The molecule has 23 heavy (non-hydrogen) atoms. The Morgan fingerprint density at radius 2 is 2.09 bits per heavy atom. The fourth-order valence-corrected chi connectivity index (χ4v) is 2.66. The van der Waals surface area contributed by atoms with Gasteiger partial charge in [-0.15, -0.1) is 0 Å². The monoisotopic (exact) mass is 323 g/mol. The second kappa shape index (κ2) is 6.72. The Labute approximate surface area is 132 Å². The van der Waals surface area contributed by atoms with Crippen molar-refractivity contribution in [2.45, 2.75) is 31.0 Å². The number of aliphatic hydroxyl groups excluding tert-OH is 2. The molecule has 126 valence electrons. The highest BCUT2D eigenvalue weighted by Crippen LogP contribution is 2.31. The lowest BCUT2D eigenvalue weighted by molar-refractivity contribution is -0.0341. The van der Waals surface area contributed by atoms with E-state index in [4.69, 9.17) is 16.2 Å². The molecule has 2 aromatic heterocycles. The first-order valence-electron chi connectivity index (χ1n) is 7.49. The number of aromatic nitrogens is 4. The fourth-order valence-electron chi connectivity index (χ4n) is 2.66. The first-order chi connectivity index (χ1) is 11.1. The van der Waals surface area contributed by atoms with Gasteiger partial charge in [0.1, 0.15) is 30.2 Å². The summed E-state index contributed by atoms with van der Waals surface area (Å²) in [6, 6.07) is 0. The number of nitrogens with two attached hydrogens (primary N) is 2. The predicted molar refractivity (Wildman–Crippen MR) is 82.2 cm³/mol. The maximum absolute atomic E-state index is 10.3. The van der Waals surface area contributed by atoms with Gasteiger partial charge >= 0.3 is 0 Å². The normalized spacial score (nSPS) is 27.8. The van der Waals surface area contributed by atoms with Gasteiger partial charge in [-0.3, -0.25) is 4.57 Å². The van der Waals surface area contributed by atoms with Gasteiger partial charge in [-0.2, -0.15) is 0 Å². The number of imidazole rings is 1. The number of nitrogens with one attached hydrogen (secondary N) is 1. The van der Waals surface area contributed by atoms with E-state index in [-0.39, 0.29) is 5.82 Å². The molecule has 3 rings (SSSR count). The molecule has 4 atom stereocenters. The van der Waals surface area contributed by atoms with Crippen LogP contribution in [0, 0.1) is 0 Å². The van der Waals surface area contributed by atoms with E-state index in [9.17, 15) is 10.2 Å². The highest BCUT2D eigenvalue weighted by Gasteiger charge is 2.44. The largest absolute Gasteiger partial charge is 0.387 e. The average Bonchev–Trinajstić information content (AvgIpc) is 3.09. The van der Waals surface area contributed by atoms with E-state index in [0.29, 0.717) is 24.3 Å². The summed E-state index contributed by atoms with van der Waals surface area (Å²) < 4.78 is 7.34. The van der Waals surface area contributed by atoms with E-state index in [1.54, 1.807) is 4.57 Å². The van der Waals surface area contributed by atoms with Crippen LogP contribution < -0.4 is 16.8 Å². The van der Waals surface area contributed by atoms with Crippen molar-refractivity contribution in [2.75, 3.05) is 25.4 Å². The van der Waals surface area contributed by atoms with E-state index < -0.39 is 24.5 Å². The number of anilines is 1. The Balaban J connectivity index is 1.76. The van der Waals surface area contributed by atoms with Gasteiger partial charge in [-0.1, -0.05) is 0 Å². The molecule has 0 radical (unpaired) electrons. The molecule has 2 aromatic rings. The van der Waals surface area contributed by atoms with Gasteiger partial charge < -0.3 is 31.7 Å². The zero-order chi connectivity index (χ0) is 16.4. The Morgan fingerprint density at radius 3 is 2.87 bits per heavy atom. The zero-order valence-corrected chi connectivity index (χ0v) is 12.5. The third-order valence-corrected chi connectivity index (χ3v) is 3.90. The van der Waals surface area contributed by atoms with Crippen LogP contribution in [0.2, 0.25) is 0 Å². The van der Waals surface area contributed by atoms with Crippen LogP contribution in [0.5, 0.6) is 0 Å². The maximum Gasteiger partial charge on any atom is 0.167 e. The Hall–Kier alpha value is -1.85. The summed E-state index contributed by atoms with van der Waals surface area (Å²) in [5.74, 6) is 0.252. The smallest absolute Gasteiger partial charge is 0.167 e. The van der Waals surface area contributed by atoms with Gasteiger partial charge in [-0.05, 0) is 19.5 Å². The van der Waals surface area contributed by atoms with E-state index in [1.165, 1.54) is 12.7 Å². The van der Waals surface area contributed by atoms with Crippen molar-refractivity contribution >= 4 is 17.0 Å². The van der Waals surface area contributed by atoms with E-state index in [2.05, 4.69) is 20.3 Å². The summed E-state index contributed by atoms with van der Waals surface area (Å²) in [6.45, 7) is 1.73. The molecule has 1 aliphatic rings. The number of hydrogen-bond acceptors (Lipinski definition) is 9. The second-order valence-electron chi connectivity index (χ2n) is 5.48. The molecule has 10 nitrogen and oxygen atoms in total. The lowest BCUT2D eigenvalue weighted by Crippen LogP contribution is -2.38. The topological polar surface area (TPSA) is 157 Å². The van der Waals surface area contributed by atoms with Gasteiger partial charge in [0.25, 0.3) is 0 Å². The second-order valence-corrected chi connectivity index (χ2v) is 5.48. The highest BCUT2D eigenvalue weighted by molar-refractivity contribution is 5.81. The SMILES string of the molecule is NCCCNC[C@H]1OC(n2cnc3c(N)ncnc32)[C@H](O)[C@@H]1O. The molecule has 0 spiro atoms. The van der Waals surface area contributed by atoms with Crippen LogP contribution in [0.4, 0.5) is 5.82 Å². The number of aliphatic hydroxyl groups is 2. The van der Waals surface area contributed by atoms with Gasteiger partial charge in [-0.25, -0.2) is 15.0 Å². The third kappa shape index (κ3) is 2.99. The van der Waals surface area contributed by atoms with Crippen LogP contribution in [0.1, 0.15) is 12.6 Å². The lowest BCUT2D eigenvalue weighted by atomic mass is 10.1. The number of fused-ring (bicyclic) bond motifs is 1. The molecular formula is C13H21N7O3. The van der Waals surface area contributed by atoms with Crippen LogP contribution in [0.25, 0.3) is 11.2 Å². The Bertz CT molecular complexity index is 664. The summed E-state index contributed by atoms with van der Waals surface area (Å²) in [6.07, 6.45) is 0.193. The number of nitrogen functional groups attached to an aromatic ring is 1. The van der Waals surface area contributed by atoms with Crippen molar-refractivity contribution in [2.24, 2.45) is 5.73 Å². The predicted octanol–water partition coefficient (Wildman–Crippen LogP) is -2.03. The quantitative estimate of drug-likeness (QED) is 0.378. The Morgan fingerprint density at radius 1 is 1.26 bits per heavy atom. The molecule has 0 bridgehead atoms. The fraction of sp³-hybridized carbons (Fsp3) is 0.615. The van der Waals surface area contributed by atoms with Gasteiger partial charge in [0.2, 0.25) is 0 Å². The molecule has 3 heterocycles. The highest BCUT2D eigenvalue weighted by atomic mass is 16.6. The van der Waals surface area contributed by atoms with Crippen molar-refractivity contribution < 1.29 is 14.9 Å². The van der Waals surface area contributed by atoms with E-state index >= 15 is 0 Å². The van der Waals surface area contributed by atoms with Crippen molar-refractivity contribution in [3.05, 3.63) is 12.7 Å². The average molecular weight is 323 g/mol. The van der Waals surface area contributed by atoms with E-state index in [1.807, 2.05) is 0 Å². The first-order valence-corrected chi connectivity index (χ1v) is 7.49. The molecule has 0 saturated carbocycles. The van der Waals surface area contributed by atoms with E-state index in [0.717, 1.165) is 13.0 Å². The molecule has 1 saturated heterocycles. The van der Waals surface area contributed by atoms with Crippen molar-refractivity contribution in [1.82, 2.24) is 24.8 Å². The van der Waals surface area contributed by atoms with Crippen molar-refractivity contribution in [3.63, 3.8) is 0 Å². The molecular weight excluding hydrogens is 302 g/mol. The standard InChI is InChI=1S/C13H21N7O3/c14-2-1-3-16-4-7-9(21)10(22)13(23-7)20-6-19-8-11(15)17-5-18-12(8)20/h5-7,9-10,13,16,21-22H,1-4,14H2,(H2,15,17,18)/t7-,9-,10-,13?/m1/s1. The van der Waals surface area contributed by atoms with Crippen LogP contribution in [-0.4, -0.2) is 67.7 Å². The maximum atomic E-state index is 10.3. The molecule has 0 aliphatic carbocycles. The number of nitrogens with zero attached hydrogens (tertiary/aromatic N) is 4. The van der Waals surface area contributed by atoms with Gasteiger partial charge in [0.15, 0.2) is 17.7 Å². The Kier molecular flexibility index (Phi) is 4.68. The number of rotatable bonds is 6. The van der Waals surface area contributed by atoms with Crippen LogP contribution in [0.3, 0.4) is 0 Å². The molecule has 1 unspecified atom stereocenters. The first kappa shape index (κ1) is 16.0. The summed E-state index contributed by atoms with van der Waals surface area (Å²) in [5, 5.41) is 23.6. The van der Waals surface area contributed by atoms with Crippen molar-refractivity contribution in [1.29, 1.82) is 0 Å². The summed E-state index contributed by atoms with van der Waals surface area (Å²) >= 11 is 0. The minimum absolute atomic E-state index is 0.252. The van der Waals surface area contributed by atoms with Crippen molar-refractivity contribution in [3.8, 4) is 0 Å². The van der Waals surface area contributed by atoms with Crippen LogP contribution >= 0.6 is 0 Å². The van der Waals surface area contributed by atoms with Crippen LogP contribution in [-0.2, 0) is 4.74 Å². The zero-order valence-electron chi connectivity index (χ0n) is 12.5. The number of ether oxygens (including phenoxy) is 1. The number of hydrogen-bond donors (Lipinski definition) is 5. The lowest BCUT2D eigenvalue weighted by Gasteiger charge is -2.16. The molecule has 1 fully saturated rings. The minimum atomic E-state index is -1.09.